The number of anilines is 2. The first-order valence-corrected chi connectivity index (χ1v) is 12.9. The summed E-state index contributed by atoms with van der Waals surface area (Å²) in [4.78, 5) is 12.5. The second kappa shape index (κ2) is 11.5. The zero-order valence-corrected chi connectivity index (χ0v) is 21.2. The van der Waals surface area contributed by atoms with E-state index in [2.05, 4.69) is 51.7 Å². The van der Waals surface area contributed by atoms with Crippen LogP contribution in [-0.2, 0) is 19.3 Å². The van der Waals surface area contributed by atoms with Gasteiger partial charge in [-0.2, -0.15) is 5.26 Å². The van der Waals surface area contributed by atoms with Crippen molar-refractivity contribution < 1.29 is 0 Å². The Morgan fingerprint density at radius 1 is 1.12 bits per heavy atom. The van der Waals surface area contributed by atoms with Crippen LogP contribution in [0.5, 0.6) is 0 Å². The molecule has 3 rings (SSSR count). The molecule has 2 heterocycles. The largest absolute Gasteiger partial charge is 0.398 e. The molecule has 2 aromatic rings. The third-order valence-corrected chi connectivity index (χ3v) is 7.14. The van der Waals surface area contributed by atoms with E-state index in [-0.39, 0.29) is 0 Å². The number of aromatic nitrogens is 2. The van der Waals surface area contributed by atoms with E-state index < -0.39 is 0 Å². The van der Waals surface area contributed by atoms with Gasteiger partial charge in [0.25, 0.3) is 0 Å². The molecule has 2 N–H and O–H groups in total. The van der Waals surface area contributed by atoms with Gasteiger partial charge in [-0.25, -0.2) is 9.97 Å². The quantitative estimate of drug-likeness (QED) is 0.416. The van der Waals surface area contributed by atoms with Crippen LogP contribution in [0.3, 0.4) is 0 Å². The number of nitriles is 1. The molecule has 0 amide bonds. The maximum Gasteiger partial charge on any atom is 0.135 e. The minimum Gasteiger partial charge on any atom is -0.398 e. The molecular formula is C28H41N5. The van der Waals surface area contributed by atoms with Crippen molar-refractivity contribution in [1.82, 2.24) is 9.97 Å². The lowest BCUT2D eigenvalue weighted by atomic mass is 9.86. The summed E-state index contributed by atoms with van der Waals surface area (Å²) in [5.74, 6) is 3.16. The standard InChI is InChI=1S/C28H41N5/c1-6-10-12-20-17-33(18-20)28-22(11-7-2)26(31-27(9-4)32-28)15-23-21(19(5)8-3)13-14-25(30)24(23)16-29/h13-14,19-20H,6-12,15,17-18,30H2,1-5H3. The highest BCUT2D eigenvalue weighted by atomic mass is 15.2. The molecule has 1 aromatic heterocycles. The lowest BCUT2D eigenvalue weighted by Crippen LogP contribution is -2.47. The SMILES string of the molecule is CCCCC1CN(c2nc(CC)nc(Cc3c(C(C)CC)ccc(N)c3C#N)c2CCC)C1. The number of nitrogens with zero attached hydrogens (tertiary/aromatic N) is 4. The molecule has 178 valence electrons. The second-order valence-corrected chi connectivity index (χ2v) is 9.60. The van der Waals surface area contributed by atoms with E-state index in [1.807, 2.05) is 6.07 Å². The molecule has 1 atom stereocenters. The van der Waals surface area contributed by atoms with E-state index in [9.17, 15) is 5.26 Å². The maximum atomic E-state index is 9.95. The third kappa shape index (κ3) is 5.49. The lowest BCUT2D eigenvalue weighted by molar-refractivity contribution is 0.369. The van der Waals surface area contributed by atoms with Crippen LogP contribution >= 0.6 is 0 Å². The van der Waals surface area contributed by atoms with Gasteiger partial charge in [-0.05, 0) is 48.3 Å². The summed E-state index contributed by atoms with van der Waals surface area (Å²) in [5.41, 5.74) is 12.0. The summed E-state index contributed by atoms with van der Waals surface area (Å²) in [6, 6.07) is 6.38. The molecule has 0 spiro atoms. The summed E-state index contributed by atoms with van der Waals surface area (Å²) in [6.45, 7) is 13.2. The van der Waals surface area contributed by atoms with Gasteiger partial charge in [-0.15, -0.1) is 0 Å². The minimum absolute atomic E-state index is 0.365. The van der Waals surface area contributed by atoms with Crippen LogP contribution in [0.4, 0.5) is 11.5 Å². The predicted molar refractivity (Wildman–Crippen MR) is 138 cm³/mol. The Balaban J connectivity index is 2.05. The number of benzene rings is 1. The van der Waals surface area contributed by atoms with Crippen LogP contribution < -0.4 is 10.6 Å². The lowest BCUT2D eigenvalue weighted by Gasteiger charge is -2.41. The summed E-state index contributed by atoms with van der Waals surface area (Å²) >= 11 is 0. The smallest absolute Gasteiger partial charge is 0.135 e. The van der Waals surface area contributed by atoms with Gasteiger partial charge in [-0.1, -0.05) is 59.9 Å². The van der Waals surface area contributed by atoms with Crippen LogP contribution in [-0.4, -0.2) is 23.1 Å². The van der Waals surface area contributed by atoms with E-state index in [0.29, 0.717) is 23.6 Å². The van der Waals surface area contributed by atoms with E-state index in [1.165, 1.54) is 30.4 Å². The zero-order valence-electron chi connectivity index (χ0n) is 21.2. The van der Waals surface area contributed by atoms with Gasteiger partial charge < -0.3 is 10.6 Å². The van der Waals surface area contributed by atoms with Crippen LogP contribution in [0, 0.1) is 17.2 Å². The molecule has 33 heavy (non-hydrogen) atoms. The first-order valence-electron chi connectivity index (χ1n) is 12.9. The van der Waals surface area contributed by atoms with Crippen molar-refractivity contribution >= 4 is 11.5 Å². The van der Waals surface area contributed by atoms with Crippen molar-refractivity contribution in [2.45, 2.75) is 91.9 Å². The molecule has 1 aromatic carbocycles. The topological polar surface area (TPSA) is 78.8 Å². The molecule has 0 bridgehead atoms. The molecule has 1 unspecified atom stereocenters. The van der Waals surface area contributed by atoms with Gasteiger partial charge in [0.2, 0.25) is 0 Å². The molecule has 1 aliphatic heterocycles. The Hall–Kier alpha value is -2.61. The average molecular weight is 448 g/mol. The van der Waals surface area contributed by atoms with Gasteiger partial charge in [0.05, 0.1) is 11.3 Å². The van der Waals surface area contributed by atoms with Crippen LogP contribution in [0.15, 0.2) is 12.1 Å². The number of aryl methyl sites for hydroxylation is 1. The monoisotopic (exact) mass is 447 g/mol. The molecule has 1 aliphatic rings. The molecule has 1 fully saturated rings. The number of rotatable bonds is 11. The van der Waals surface area contributed by atoms with E-state index >= 15 is 0 Å². The molecule has 5 heteroatoms. The molecule has 1 saturated heterocycles. The van der Waals surface area contributed by atoms with E-state index in [0.717, 1.165) is 67.6 Å². The third-order valence-electron chi connectivity index (χ3n) is 7.14. The molecule has 0 saturated carbocycles. The Morgan fingerprint density at radius 2 is 1.88 bits per heavy atom. The summed E-state index contributed by atoms with van der Waals surface area (Å²) in [5, 5.41) is 9.95. The number of nitrogen functional groups attached to an aromatic ring is 1. The van der Waals surface area contributed by atoms with Crippen molar-refractivity contribution in [1.29, 1.82) is 5.26 Å². The Kier molecular flexibility index (Phi) is 8.72. The molecule has 5 nitrogen and oxygen atoms in total. The van der Waals surface area contributed by atoms with Gasteiger partial charge in [0.15, 0.2) is 0 Å². The fourth-order valence-electron chi connectivity index (χ4n) is 4.91. The normalized spacial score (nSPS) is 14.7. The van der Waals surface area contributed by atoms with Crippen molar-refractivity contribution in [3.05, 3.63) is 45.9 Å². The van der Waals surface area contributed by atoms with E-state index in [4.69, 9.17) is 15.7 Å². The zero-order chi connectivity index (χ0) is 24.0. The predicted octanol–water partition coefficient (Wildman–Crippen LogP) is 6.18. The summed E-state index contributed by atoms with van der Waals surface area (Å²) in [6.07, 6.45) is 8.33. The van der Waals surface area contributed by atoms with Crippen LogP contribution in [0.2, 0.25) is 0 Å². The summed E-state index contributed by atoms with van der Waals surface area (Å²) in [7, 11) is 0. The van der Waals surface area contributed by atoms with Gasteiger partial charge in [-0.3, -0.25) is 0 Å². The van der Waals surface area contributed by atoms with Crippen molar-refractivity contribution in [2.75, 3.05) is 23.7 Å². The van der Waals surface area contributed by atoms with Crippen LogP contribution in [0.25, 0.3) is 0 Å². The van der Waals surface area contributed by atoms with Crippen molar-refractivity contribution in [3.63, 3.8) is 0 Å². The molecule has 0 aliphatic carbocycles. The second-order valence-electron chi connectivity index (χ2n) is 9.60. The summed E-state index contributed by atoms with van der Waals surface area (Å²) < 4.78 is 0. The van der Waals surface area contributed by atoms with Gasteiger partial charge in [0.1, 0.15) is 17.7 Å². The number of unbranched alkanes of at least 4 members (excludes halogenated alkanes) is 1. The molecule has 0 radical (unpaired) electrons. The highest BCUT2D eigenvalue weighted by Crippen LogP contribution is 2.35. The van der Waals surface area contributed by atoms with Crippen molar-refractivity contribution in [2.24, 2.45) is 5.92 Å². The van der Waals surface area contributed by atoms with E-state index in [1.54, 1.807) is 0 Å². The molecular weight excluding hydrogens is 406 g/mol. The Labute approximate surface area is 200 Å². The minimum atomic E-state index is 0.365. The number of hydrogen-bond acceptors (Lipinski definition) is 5. The first kappa shape index (κ1) is 25.0. The van der Waals surface area contributed by atoms with Crippen molar-refractivity contribution in [3.8, 4) is 6.07 Å². The first-order chi connectivity index (χ1) is 16.0. The van der Waals surface area contributed by atoms with Gasteiger partial charge in [0, 0.05) is 37.2 Å². The maximum absolute atomic E-state index is 9.95. The highest BCUT2D eigenvalue weighted by molar-refractivity contribution is 5.62. The number of hydrogen-bond donors (Lipinski definition) is 1. The van der Waals surface area contributed by atoms with Crippen LogP contribution in [0.1, 0.15) is 106 Å². The average Bonchev–Trinajstić information content (AvgIpc) is 2.79. The highest BCUT2D eigenvalue weighted by Gasteiger charge is 2.30. The Morgan fingerprint density at radius 3 is 2.48 bits per heavy atom. The Bertz CT molecular complexity index is 985. The fraction of sp³-hybridized carbons (Fsp3) is 0.607. The van der Waals surface area contributed by atoms with Gasteiger partial charge >= 0.3 is 0 Å². The number of nitrogens with two attached hydrogens (primary N) is 1. The fourth-order valence-corrected chi connectivity index (χ4v) is 4.91.